The van der Waals surface area contributed by atoms with Gasteiger partial charge < -0.3 is 9.30 Å². The Kier molecular flexibility index (Phi) is 3.26. The number of benzene rings is 1. The summed E-state index contributed by atoms with van der Waals surface area (Å²) in [6.45, 7) is 0.481. The summed E-state index contributed by atoms with van der Waals surface area (Å²) < 4.78 is 6.78. The second-order valence-electron chi connectivity index (χ2n) is 3.64. The first-order chi connectivity index (χ1) is 8.78. The third-order valence-corrected chi connectivity index (χ3v) is 2.54. The Labute approximate surface area is 104 Å². The molecule has 0 saturated heterocycles. The summed E-state index contributed by atoms with van der Waals surface area (Å²) in [5.41, 5.74) is 1.41. The third-order valence-electron chi connectivity index (χ3n) is 2.54. The number of nitriles is 2. The van der Waals surface area contributed by atoms with Gasteiger partial charge in [0, 0.05) is 6.54 Å². The van der Waals surface area contributed by atoms with Crippen LogP contribution in [0.2, 0.25) is 0 Å². The van der Waals surface area contributed by atoms with Gasteiger partial charge in [-0.3, -0.25) is 0 Å². The van der Waals surface area contributed by atoms with Gasteiger partial charge >= 0.3 is 0 Å². The molecule has 1 heterocycles. The molecule has 0 spiro atoms. The van der Waals surface area contributed by atoms with Gasteiger partial charge in [0.05, 0.1) is 13.4 Å². The van der Waals surface area contributed by atoms with E-state index in [9.17, 15) is 0 Å². The van der Waals surface area contributed by atoms with Gasteiger partial charge in [0.2, 0.25) is 0 Å². The van der Waals surface area contributed by atoms with Crippen molar-refractivity contribution < 1.29 is 4.74 Å². The van der Waals surface area contributed by atoms with Gasteiger partial charge in [0.25, 0.3) is 0 Å². The number of nitrogens with zero attached hydrogens (tertiary/aromatic N) is 4. The monoisotopic (exact) mass is 238 g/mol. The molecule has 0 atom stereocenters. The molecule has 2 rings (SSSR count). The predicted molar refractivity (Wildman–Crippen MR) is 63.8 cm³/mol. The molecule has 0 fully saturated rings. The van der Waals surface area contributed by atoms with Gasteiger partial charge in [-0.25, -0.2) is 4.98 Å². The van der Waals surface area contributed by atoms with Crippen molar-refractivity contribution >= 4 is 0 Å². The maximum Gasteiger partial charge on any atom is 0.176 e. The SMILES string of the molecule is COc1cccc(Cn2cnc(C#N)c2C#N)c1. The number of hydrogen-bond acceptors (Lipinski definition) is 4. The Balaban J connectivity index is 2.32. The van der Waals surface area contributed by atoms with Crippen LogP contribution in [0.15, 0.2) is 30.6 Å². The molecule has 0 aliphatic rings. The summed E-state index contributed by atoms with van der Waals surface area (Å²) in [7, 11) is 1.60. The topological polar surface area (TPSA) is 74.6 Å². The highest BCUT2D eigenvalue weighted by atomic mass is 16.5. The van der Waals surface area contributed by atoms with Crippen molar-refractivity contribution in [3.05, 3.63) is 47.5 Å². The number of imidazole rings is 1. The van der Waals surface area contributed by atoms with Crippen LogP contribution in [0.5, 0.6) is 5.75 Å². The summed E-state index contributed by atoms with van der Waals surface area (Å²) in [4.78, 5) is 3.89. The molecule has 0 N–H and O–H groups in total. The van der Waals surface area contributed by atoms with Crippen LogP contribution in [0.25, 0.3) is 0 Å². The molecule has 88 valence electrons. The van der Waals surface area contributed by atoms with E-state index in [1.807, 2.05) is 36.4 Å². The summed E-state index contributed by atoms with van der Waals surface area (Å²) in [6, 6.07) is 11.4. The van der Waals surface area contributed by atoms with Gasteiger partial charge in [-0.1, -0.05) is 12.1 Å². The average Bonchev–Trinajstić information content (AvgIpc) is 2.80. The smallest absolute Gasteiger partial charge is 0.176 e. The van der Waals surface area contributed by atoms with E-state index in [4.69, 9.17) is 15.3 Å². The first-order valence-corrected chi connectivity index (χ1v) is 5.26. The number of aromatic nitrogens is 2. The van der Waals surface area contributed by atoms with E-state index in [-0.39, 0.29) is 11.4 Å². The molecule has 0 aliphatic carbocycles. The lowest BCUT2D eigenvalue weighted by molar-refractivity contribution is 0.414. The van der Waals surface area contributed by atoms with E-state index in [1.54, 1.807) is 11.7 Å². The minimum absolute atomic E-state index is 0.153. The van der Waals surface area contributed by atoms with E-state index >= 15 is 0 Å². The fourth-order valence-corrected chi connectivity index (χ4v) is 1.67. The summed E-state index contributed by atoms with van der Waals surface area (Å²) in [5.74, 6) is 0.756. The van der Waals surface area contributed by atoms with E-state index in [1.165, 1.54) is 6.33 Å². The van der Waals surface area contributed by atoms with Gasteiger partial charge in [0.15, 0.2) is 11.4 Å². The van der Waals surface area contributed by atoms with E-state index < -0.39 is 0 Å². The van der Waals surface area contributed by atoms with Crippen LogP contribution < -0.4 is 4.74 Å². The number of ether oxygens (including phenoxy) is 1. The highest BCUT2D eigenvalue weighted by Crippen LogP contribution is 2.15. The number of methoxy groups -OCH3 is 1. The lowest BCUT2D eigenvalue weighted by atomic mass is 10.2. The molecular weight excluding hydrogens is 228 g/mol. The largest absolute Gasteiger partial charge is 0.497 e. The molecule has 0 amide bonds. The zero-order valence-corrected chi connectivity index (χ0v) is 9.79. The first-order valence-electron chi connectivity index (χ1n) is 5.26. The van der Waals surface area contributed by atoms with Crippen molar-refractivity contribution in [1.29, 1.82) is 10.5 Å². The van der Waals surface area contributed by atoms with Gasteiger partial charge in [-0.2, -0.15) is 10.5 Å². The second kappa shape index (κ2) is 5.03. The van der Waals surface area contributed by atoms with Crippen LogP contribution in [-0.2, 0) is 6.54 Å². The Morgan fingerprint density at radius 3 is 2.83 bits per heavy atom. The molecule has 2 aromatic rings. The molecule has 5 heteroatoms. The summed E-state index contributed by atoms with van der Waals surface area (Å²) in [5, 5.41) is 17.8. The molecule has 1 aromatic heterocycles. The average molecular weight is 238 g/mol. The number of rotatable bonds is 3. The van der Waals surface area contributed by atoms with Gasteiger partial charge in [0.1, 0.15) is 17.9 Å². The molecule has 5 nitrogen and oxygen atoms in total. The van der Waals surface area contributed by atoms with Crippen LogP contribution in [0.3, 0.4) is 0 Å². The zero-order chi connectivity index (χ0) is 13.0. The molecule has 0 unspecified atom stereocenters. The van der Waals surface area contributed by atoms with Crippen molar-refractivity contribution in [2.75, 3.05) is 7.11 Å². The molecule has 18 heavy (non-hydrogen) atoms. The fraction of sp³-hybridized carbons (Fsp3) is 0.154. The summed E-state index contributed by atoms with van der Waals surface area (Å²) >= 11 is 0. The Morgan fingerprint density at radius 2 is 2.17 bits per heavy atom. The van der Waals surface area contributed by atoms with Gasteiger partial charge in [-0.15, -0.1) is 0 Å². The predicted octanol–water partition coefficient (Wildman–Crippen LogP) is 1.68. The van der Waals surface area contributed by atoms with Crippen molar-refractivity contribution in [3.63, 3.8) is 0 Å². The fourth-order valence-electron chi connectivity index (χ4n) is 1.67. The standard InChI is InChI=1S/C13H10N4O/c1-18-11-4-2-3-10(5-11)8-17-9-16-12(6-14)13(17)7-15/h2-5,9H,8H2,1H3. The quantitative estimate of drug-likeness (QED) is 0.815. The van der Waals surface area contributed by atoms with E-state index in [0.717, 1.165) is 11.3 Å². The molecule has 0 bridgehead atoms. The zero-order valence-electron chi connectivity index (χ0n) is 9.79. The first kappa shape index (κ1) is 11.7. The molecular formula is C13H10N4O. The van der Waals surface area contributed by atoms with Crippen LogP contribution in [-0.4, -0.2) is 16.7 Å². The van der Waals surface area contributed by atoms with Crippen molar-refractivity contribution in [1.82, 2.24) is 9.55 Å². The van der Waals surface area contributed by atoms with E-state index in [0.29, 0.717) is 6.54 Å². The van der Waals surface area contributed by atoms with E-state index in [2.05, 4.69) is 4.98 Å². The summed E-state index contributed by atoms with van der Waals surface area (Å²) in [6.07, 6.45) is 1.50. The Morgan fingerprint density at radius 1 is 1.33 bits per heavy atom. The van der Waals surface area contributed by atoms with Crippen molar-refractivity contribution in [2.45, 2.75) is 6.54 Å². The van der Waals surface area contributed by atoms with Crippen LogP contribution in [0.4, 0.5) is 0 Å². The van der Waals surface area contributed by atoms with Gasteiger partial charge in [-0.05, 0) is 17.7 Å². The van der Waals surface area contributed by atoms with Crippen LogP contribution in [0, 0.1) is 22.7 Å². The third kappa shape index (κ3) is 2.16. The molecule has 0 aliphatic heterocycles. The minimum atomic E-state index is 0.153. The van der Waals surface area contributed by atoms with Crippen LogP contribution >= 0.6 is 0 Å². The maximum absolute atomic E-state index is 9.01. The van der Waals surface area contributed by atoms with Crippen LogP contribution in [0.1, 0.15) is 17.0 Å². The normalized spacial score (nSPS) is 9.50. The maximum atomic E-state index is 9.01. The minimum Gasteiger partial charge on any atom is -0.497 e. The Bertz CT molecular complexity index is 646. The highest BCUT2D eigenvalue weighted by molar-refractivity contribution is 5.37. The lowest BCUT2D eigenvalue weighted by Gasteiger charge is -2.06. The Hall–Kier alpha value is -2.79. The number of hydrogen-bond donors (Lipinski definition) is 0. The highest BCUT2D eigenvalue weighted by Gasteiger charge is 2.10. The molecule has 1 aromatic carbocycles. The van der Waals surface area contributed by atoms with Crippen molar-refractivity contribution in [3.8, 4) is 17.9 Å². The second-order valence-corrected chi connectivity index (χ2v) is 3.64. The molecule has 0 radical (unpaired) electrons. The molecule has 0 saturated carbocycles. The lowest BCUT2D eigenvalue weighted by Crippen LogP contribution is -2.01. The van der Waals surface area contributed by atoms with Crippen molar-refractivity contribution in [2.24, 2.45) is 0 Å².